The maximum Gasteiger partial charge on any atom is 0.206 e. The number of sulfone groups is 3. The molecule has 2 aromatic rings. The molecule has 0 aromatic heterocycles. The number of ketones is 6. The molecule has 4 unspecified atom stereocenters. The second-order valence-corrected chi connectivity index (χ2v) is 17.6. The molecule has 4 atom stereocenters. The molecule has 15 heteroatoms. The van der Waals surface area contributed by atoms with Crippen LogP contribution in [0.2, 0.25) is 0 Å². The van der Waals surface area contributed by atoms with E-state index in [1.807, 2.05) is 0 Å². The average molecular weight is 647 g/mol. The van der Waals surface area contributed by atoms with Crippen molar-refractivity contribution in [2.24, 2.45) is 11.8 Å². The number of hydrogen-bond donors (Lipinski definition) is 0. The molecule has 0 bridgehead atoms. The Kier molecular flexibility index (Phi) is 6.60. The molecule has 0 saturated carbocycles. The van der Waals surface area contributed by atoms with Crippen LogP contribution in [0.1, 0.15) is 67.1 Å². The Balaban J connectivity index is 1.31. The van der Waals surface area contributed by atoms with E-state index in [1.165, 1.54) is 0 Å². The molecule has 0 amide bonds. The van der Waals surface area contributed by atoms with E-state index in [0.29, 0.717) is 0 Å². The van der Waals surface area contributed by atoms with E-state index in [4.69, 9.17) is 0 Å². The lowest BCUT2D eigenvalue weighted by Gasteiger charge is -2.11. The lowest BCUT2D eigenvalue weighted by molar-refractivity contribution is -0.120. The third-order valence-corrected chi connectivity index (χ3v) is 14.7. The highest BCUT2D eigenvalue weighted by Crippen LogP contribution is 2.37. The van der Waals surface area contributed by atoms with Gasteiger partial charge in [0.05, 0.1) is 21.3 Å². The predicted molar refractivity (Wildman–Crippen MR) is 146 cm³/mol. The second kappa shape index (κ2) is 9.66. The third kappa shape index (κ3) is 4.31. The zero-order chi connectivity index (χ0) is 31.2. The molecule has 12 nitrogen and oxygen atoms in total. The zero-order valence-corrected chi connectivity index (χ0v) is 24.6. The van der Waals surface area contributed by atoms with Gasteiger partial charge < -0.3 is 0 Å². The maximum atomic E-state index is 13.5. The molecule has 2 aliphatic carbocycles. The largest absolute Gasteiger partial charge is 0.297 e. The Labute approximate surface area is 245 Å². The molecule has 6 rings (SSSR count). The van der Waals surface area contributed by atoms with Crippen molar-refractivity contribution in [2.45, 2.75) is 46.0 Å². The van der Waals surface area contributed by atoms with Gasteiger partial charge in [0.1, 0.15) is 22.3 Å². The number of fused-ring (bicyclic) bond motifs is 2. The number of hydrogen-bond acceptors (Lipinski definition) is 12. The first-order chi connectivity index (χ1) is 20.1. The van der Waals surface area contributed by atoms with Gasteiger partial charge in [-0.1, -0.05) is 0 Å². The van der Waals surface area contributed by atoms with Gasteiger partial charge in [-0.05, 0) is 62.1 Å². The van der Waals surface area contributed by atoms with Gasteiger partial charge in [-0.3, -0.25) is 28.8 Å². The fourth-order valence-corrected chi connectivity index (χ4v) is 11.4. The summed E-state index contributed by atoms with van der Waals surface area (Å²) in [6, 6.07) is 5.96. The molecule has 224 valence electrons. The van der Waals surface area contributed by atoms with Crippen LogP contribution in [0.5, 0.6) is 0 Å². The van der Waals surface area contributed by atoms with E-state index >= 15 is 0 Å². The monoisotopic (exact) mass is 646 g/mol. The van der Waals surface area contributed by atoms with E-state index in [1.54, 1.807) is 0 Å². The van der Waals surface area contributed by atoms with Crippen LogP contribution in [0.3, 0.4) is 0 Å². The summed E-state index contributed by atoms with van der Waals surface area (Å²) in [5, 5.41) is -2.97. The van der Waals surface area contributed by atoms with Crippen LogP contribution in [0.25, 0.3) is 0 Å². The molecule has 2 heterocycles. The Morgan fingerprint density at radius 3 is 1.26 bits per heavy atom. The highest BCUT2D eigenvalue weighted by atomic mass is 32.2. The number of rotatable bonds is 6. The highest BCUT2D eigenvalue weighted by molar-refractivity contribution is 7.93. The van der Waals surface area contributed by atoms with Crippen LogP contribution >= 0.6 is 0 Å². The summed E-state index contributed by atoms with van der Waals surface area (Å²) in [6.45, 7) is 0. The normalized spacial score (nSPS) is 27.3. The molecule has 2 saturated heterocycles. The van der Waals surface area contributed by atoms with Crippen LogP contribution in [-0.2, 0) is 39.1 Å². The predicted octanol–water partition coefficient (Wildman–Crippen LogP) is 0.802. The molecule has 4 aliphatic rings. The first kappa shape index (κ1) is 29.4. The molecular formula is C28H22O12S3. The van der Waals surface area contributed by atoms with Crippen LogP contribution in [-0.4, -0.2) is 82.0 Å². The first-order valence-electron chi connectivity index (χ1n) is 13.3. The second-order valence-electron chi connectivity index (χ2n) is 11.0. The Bertz CT molecular complexity index is 1910. The van der Waals surface area contributed by atoms with Crippen molar-refractivity contribution in [3.05, 3.63) is 58.7 Å². The van der Waals surface area contributed by atoms with Crippen molar-refractivity contribution in [1.82, 2.24) is 0 Å². The summed E-state index contributed by atoms with van der Waals surface area (Å²) in [5.41, 5.74) is -1.18. The summed E-state index contributed by atoms with van der Waals surface area (Å²) in [7, 11) is -12.1. The van der Waals surface area contributed by atoms with Crippen molar-refractivity contribution in [1.29, 1.82) is 0 Å². The number of benzene rings is 2. The van der Waals surface area contributed by atoms with Gasteiger partial charge in [0.25, 0.3) is 0 Å². The molecule has 2 aliphatic heterocycles. The van der Waals surface area contributed by atoms with Crippen molar-refractivity contribution in [3.8, 4) is 0 Å². The van der Waals surface area contributed by atoms with E-state index in [2.05, 4.69) is 0 Å². The molecule has 43 heavy (non-hydrogen) atoms. The third-order valence-electron chi connectivity index (χ3n) is 8.57. The summed E-state index contributed by atoms with van der Waals surface area (Å²) >= 11 is 0. The molecule has 0 radical (unpaired) electrons. The summed E-state index contributed by atoms with van der Waals surface area (Å²) in [5.74, 6) is -10.2. The van der Waals surface area contributed by atoms with Crippen LogP contribution in [0.15, 0.2) is 46.2 Å². The van der Waals surface area contributed by atoms with Crippen molar-refractivity contribution >= 4 is 64.2 Å². The van der Waals surface area contributed by atoms with Crippen molar-refractivity contribution in [3.63, 3.8) is 0 Å². The molecule has 2 aromatic carbocycles. The Morgan fingerprint density at radius 1 is 0.581 bits per heavy atom. The highest BCUT2D eigenvalue weighted by Gasteiger charge is 2.51. The van der Waals surface area contributed by atoms with Gasteiger partial charge in [0.2, 0.25) is 9.84 Å². The smallest absolute Gasteiger partial charge is 0.206 e. The molecular weight excluding hydrogens is 624 g/mol. The van der Waals surface area contributed by atoms with Gasteiger partial charge in [-0.25, -0.2) is 25.3 Å². The minimum absolute atomic E-state index is 0.0172. The number of carbonyl (C=O) groups excluding carboxylic acids is 6. The maximum absolute atomic E-state index is 13.5. The standard InChI is InChI=1S/C28H22O12S3/c29-23-15-7-5-13(11-17(15)25(31)21(23)27(33)19-3-1-9-41(19,35)36)43(39,40)14-6-8-16-18(12-14)26(32)22(24(16)30)28(34)20-4-2-10-42(20,37)38/h5-8,11-12,19-22H,1-4,9-10H2. The minimum Gasteiger partial charge on any atom is -0.297 e. The van der Waals surface area contributed by atoms with E-state index in [-0.39, 0.29) is 59.4 Å². The van der Waals surface area contributed by atoms with Gasteiger partial charge >= 0.3 is 0 Å². The Morgan fingerprint density at radius 2 is 0.930 bits per heavy atom. The van der Waals surface area contributed by atoms with E-state index < -0.39 is 96.3 Å². The van der Waals surface area contributed by atoms with Gasteiger partial charge in [-0.2, -0.15) is 0 Å². The summed E-state index contributed by atoms with van der Waals surface area (Å²) in [4.78, 5) is 77.1. The van der Waals surface area contributed by atoms with Crippen molar-refractivity contribution < 1.29 is 54.0 Å². The fraction of sp³-hybridized carbons (Fsp3) is 0.357. The summed E-state index contributed by atoms with van der Waals surface area (Å²) in [6.07, 6.45) is 0.395. The quantitative estimate of drug-likeness (QED) is 0.400. The van der Waals surface area contributed by atoms with Crippen molar-refractivity contribution in [2.75, 3.05) is 11.5 Å². The Hall–Kier alpha value is -3.69. The topological polar surface area (TPSA) is 205 Å². The molecule has 0 N–H and O–H groups in total. The first-order valence-corrected chi connectivity index (χ1v) is 18.2. The zero-order valence-electron chi connectivity index (χ0n) is 22.1. The van der Waals surface area contributed by atoms with Crippen LogP contribution in [0.4, 0.5) is 0 Å². The fourth-order valence-electron chi connectivity index (χ4n) is 6.33. The average Bonchev–Trinajstić information content (AvgIpc) is 3.64. The van der Waals surface area contributed by atoms with Crippen LogP contribution in [0, 0.1) is 11.8 Å². The lowest BCUT2D eigenvalue weighted by atomic mass is 9.95. The van der Waals surface area contributed by atoms with E-state index in [0.717, 1.165) is 36.4 Å². The number of Topliss-reactive ketones (excluding diaryl/α,β-unsaturated/α-hetero) is 6. The SMILES string of the molecule is O=C1c2ccc(S(=O)(=O)c3ccc4c(c3)C(=O)C(C(=O)C3CCCS3(=O)=O)C4=O)cc2C(=O)C1C(=O)C1CCCS1(=O)=O. The van der Waals surface area contributed by atoms with E-state index in [9.17, 15) is 54.0 Å². The summed E-state index contributed by atoms with van der Waals surface area (Å²) < 4.78 is 76.1. The molecule has 0 spiro atoms. The van der Waals surface area contributed by atoms with Gasteiger partial charge in [0, 0.05) is 22.3 Å². The molecule has 2 fully saturated rings. The minimum atomic E-state index is -4.50. The number of carbonyl (C=O) groups is 6. The van der Waals surface area contributed by atoms with Crippen LogP contribution < -0.4 is 0 Å². The lowest BCUT2D eigenvalue weighted by Crippen LogP contribution is -2.37. The van der Waals surface area contributed by atoms with Gasteiger partial charge in [0.15, 0.2) is 54.4 Å². The van der Waals surface area contributed by atoms with Gasteiger partial charge in [-0.15, -0.1) is 0 Å².